The molecule has 0 amide bonds. The van der Waals surface area contributed by atoms with Crippen molar-refractivity contribution in [3.05, 3.63) is 23.0 Å². The molecule has 0 aromatic carbocycles. The third kappa shape index (κ3) is 3.84. The summed E-state index contributed by atoms with van der Waals surface area (Å²) in [4.78, 5) is 4.09. The molecule has 0 radical (unpaired) electrons. The van der Waals surface area contributed by atoms with Crippen molar-refractivity contribution in [1.82, 2.24) is 4.98 Å². The molecule has 0 aliphatic carbocycles. The average molecular weight is 226 g/mol. The lowest BCUT2D eigenvalue weighted by Gasteiger charge is -2.19. The monoisotopic (exact) mass is 225 g/mol. The Morgan fingerprint density at radius 1 is 1.47 bits per heavy atom. The topological polar surface area (TPSA) is 33.1 Å². The van der Waals surface area contributed by atoms with Crippen molar-refractivity contribution in [3.63, 3.8) is 0 Å². The van der Waals surface area contributed by atoms with E-state index in [2.05, 4.69) is 25.8 Å². The molecule has 0 atom stereocenters. The maximum absolute atomic E-state index is 9.45. The van der Waals surface area contributed by atoms with Crippen LogP contribution in [0.3, 0.4) is 0 Å². The average Bonchev–Trinajstić information content (AvgIpc) is 2.06. The molecule has 0 saturated heterocycles. The molecule has 0 bridgehead atoms. The molecule has 1 N–H and O–H groups in total. The number of aromatic nitrogens is 1. The molecule has 4 heteroatoms. The van der Waals surface area contributed by atoms with Gasteiger partial charge in [-0.2, -0.15) is 0 Å². The molecule has 82 valence electrons. The highest BCUT2D eigenvalue weighted by atomic mass is 35.5. The molecular formula is C11H17BClNO. The summed E-state index contributed by atoms with van der Waals surface area (Å²) in [5.74, 6) is 0. The first-order valence-electron chi connectivity index (χ1n) is 5.12. The largest absolute Gasteiger partial charge is 0.446 e. The Morgan fingerprint density at radius 3 is 2.53 bits per heavy atom. The van der Waals surface area contributed by atoms with E-state index in [-0.39, 0.29) is 5.41 Å². The molecule has 15 heavy (non-hydrogen) atoms. The van der Waals surface area contributed by atoms with Crippen molar-refractivity contribution in [2.24, 2.45) is 5.41 Å². The first-order chi connectivity index (χ1) is 6.79. The Balaban J connectivity index is 3.01. The molecule has 1 rings (SSSR count). The van der Waals surface area contributed by atoms with Gasteiger partial charge in [-0.1, -0.05) is 45.3 Å². The summed E-state index contributed by atoms with van der Waals surface area (Å²) < 4.78 is 0. The Morgan fingerprint density at radius 2 is 2.07 bits per heavy atom. The predicted molar refractivity (Wildman–Crippen MR) is 65.9 cm³/mol. The fraction of sp³-hybridized carbons (Fsp3) is 0.545. The number of nitrogens with zero attached hydrogens (tertiary/aromatic N) is 1. The van der Waals surface area contributed by atoms with Gasteiger partial charge in [-0.15, -0.1) is 0 Å². The second-order valence-electron chi connectivity index (χ2n) is 5.13. The van der Waals surface area contributed by atoms with Crippen LogP contribution in [0.4, 0.5) is 0 Å². The predicted octanol–water partition coefficient (Wildman–Crippen LogP) is 2.14. The molecule has 0 aliphatic heterocycles. The normalized spacial score (nSPS) is 11.6. The summed E-state index contributed by atoms with van der Waals surface area (Å²) in [7, 11) is 0. The lowest BCUT2D eigenvalue weighted by molar-refractivity contribution is 0.411. The number of hydrogen-bond acceptors (Lipinski definition) is 2. The number of rotatable bonds is 2. The van der Waals surface area contributed by atoms with Crippen LogP contribution >= 0.6 is 11.6 Å². The Labute approximate surface area is 96.8 Å². The highest BCUT2D eigenvalue weighted by Crippen LogP contribution is 2.23. The summed E-state index contributed by atoms with van der Waals surface area (Å²) in [6.45, 7) is 7.69. The minimum atomic E-state index is -0.492. The molecule has 0 saturated carbocycles. The van der Waals surface area contributed by atoms with Crippen LogP contribution in [0, 0.1) is 5.41 Å². The van der Waals surface area contributed by atoms with Crippen molar-refractivity contribution in [3.8, 4) is 0 Å². The second-order valence-corrected chi connectivity index (χ2v) is 5.49. The van der Waals surface area contributed by atoms with Crippen LogP contribution in [-0.4, -0.2) is 16.9 Å². The van der Waals surface area contributed by atoms with E-state index in [0.29, 0.717) is 5.15 Å². The zero-order valence-corrected chi connectivity index (χ0v) is 10.5. The lowest BCUT2D eigenvalue weighted by Crippen LogP contribution is -2.27. The van der Waals surface area contributed by atoms with Crippen molar-refractivity contribution in [2.75, 3.05) is 0 Å². The second kappa shape index (κ2) is 4.54. The molecule has 0 unspecified atom stereocenters. The van der Waals surface area contributed by atoms with Gasteiger partial charge in [-0.25, -0.2) is 4.98 Å². The molecule has 1 aromatic rings. The van der Waals surface area contributed by atoms with Crippen molar-refractivity contribution in [1.29, 1.82) is 0 Å². The SMILES string of the molecule is CB(O)c1cnc(Cl)c(CC(C)(C)C)c1. The summed E-state index contributed by atoms with van der Waals surface area (Å²) in [5, 5.41) is 9.99. The van der Waals surface area contributed by atoms with E-state index < -0.39 is 6.92 Å². The molecule has 0 fully saturated rings. The molecule has 1 heterocycles. The quantitative estimate of drug-likeness (QED) is 0.618. The van der Waals surface area contributed by atoms with Gasteiger partial charge < -0.3 is 5.02 Å². The van der Waals surface area contributed by atoms with E-state index in [4.69, 9.17) is 11.6 Å². The third-order valence-electron chi connectivity index (χ3n) is 2.14. The van der Waals surface area contributed by atoms with Crippen LogP contribution in [0.2, 0.25) is 12.0 Å². The minimum Gasteiger partial charge on any atom is -0.446 e. The van der Waals surface area contributed by atoms with E-state index in [1.807, 2.05) is 6.07 Å². The van der Waals surface area contributed by atoms with Gasteiger partial charge in [0.2, 0.25) is 0 Å². The van der Waals surface area contributed by atoms with Crippen molar-refractivity contribution < 1.29 is 5.02 Å². The zero-order valence-electron chi connectivity index (χ0n) is 9.71. The number of hydrogen-bond donors (Lipinski definition) is 1. The molecule has 2 nitrogen and oxygen atoms in total. The fourth-order valence-electron chi connectivity index (χ4n) is 1.44. The first kappa shape index (κ1) is 12.5. The van der Waals surface area contributed by atoms with Gasteiger partial charge in [0, 0.05) is 6.20 Å². The standard InChI is InChI=1S/C11H17BClNO/c1-11(2,3)6-8-5-9(12(4)15)7-14-10(8)13/h5,7,15H,6H2,1-4H3. The Hall–Kier alpha value is -0.535. The van der Waals surface area contributed by atoms with Crippen LogP contribution < -0.4 is 5.46 Å². The van der Waals surface area contributed by atoms with Gasteiger partial charge >= 0.3 is 6.92 Å². The van der Waals surface area contributed by atoms with Gasteiger partial charge in [-0.05, 0) is 22.9 Å². The summed E-state index contributed by atoms with van der Waals surface area (Å²) in [5.41, 5.74) is 1.99. The number of pyridine rings is 1. The summed E-state index contributed by atoms with van der Waals surface area (Å²) in [6.07, 6.45) is 2.48. The highest BCUT2D eigenvalue weighted by molar-refractivity contribution is 6.64. The van der Waals surface area contributed by atoms with E-state index in [9.17, 15) is 5.02 Å². The lowest BCUT2D eigenvalue weighted by atomic mass is 9.64. The highest BCUT2D eigenvalue weighted by Gasteiger charge is 2.16. The van der Waals surface area contributed by atoms with Gasteiger partial charge in [0.25, 0.3) is 0 Å². The van der Waals surface area contributed by atoms with E-state index >= 15 is 0 Å². The van der Waals surface area contributed by atoms with Gasteiger partial charge in [0.15, 0.2) is 0 Å². The minimum absolute atomic E-state index is 0.169. The number of halogens is 1. The fourth-order valence-corrected chi connectivity index (χ4v) is 1.61. The van der Waals surface area contributed by atoms with Gasteiger partial charge in [-0.3, -0.25) is 0 Å². The maximum Gasteiger partial charge on any atom is 0.321 e. The van der Waals surface area contributed by atoms with Crippen LogP contribution in [0.5, 0.6) is 0 Å². The van der Waals surface area contributed by atoms with Crippen LogP contribution in [0.1, 0.15) is 26.3 Å². The van der Waals surface area contributed by atoms with Crippen LogP contribution in [0.25, 0.3) is 0 Å². The Bertz CT molecular complexity index is 347. The van der Waals surface area contributed by atoms with E-state index in [0.717, 1.165) is 17.4 Å². The smallest absolute Gasteiger partial charge is 0.321 e. The molecule has 1 aromatic heterocycles. The molecular weight excluding hydrogens is 208 g/mol. The van der Waals surface area contributed by atoms with Crippen LogP contribution in [0.15, 0.2) is 12.3 Å². The summed E-state index contributed by atoms with van der Waals surface area (Å²) >= 11 is 6.01. The first-order valence-corrected chi connectivity index (χ1v) is 5.50. The zero-order chi connectivity index (χ0) is 11.6. The van der Waals surface area contributed by atoms with Crippen LogP contribution in [-0.2, 0) is 6.42 Å². The summed E-state index contributed by atoms with van der Waals surface area (Å²) in [6, 6.07) is 1.94. The Kier molecular flexibility index (Phi) is 3.79. The maximum atomic E-state index is 9.45. The third-order valence-corrected chi connectivity index (χ3v) is 2.48. The van der Waals surface area contributed by atoms with Crippen molar-refractivity contribution >= 4 is 24.0 Å². The van der Waals surface area contributed by atoms with Gasteiger partial charge in [0.1, 0.15) is 5.15 Å². The van der Waals surface area contributed by atoms with E-state index in [1.54, 1.807) is 13.0 Å². The molecule has 0 aliphatic rings. The molecule has 0 spiro atoms. The van der Waals surface area contributed by atoms with E-state index in [1.165, 1.54) is 0 Å². The van der Waals surface area contributed by atoms with Crippen molar-refractivity contribution in [2.45, 2.75) is 34.0 Å². The van der Waals surface area contributed by atoms with Gasteiger partial charge in [0.05, 0.1) is 0 Å².